The minimum absolute atomic E-state index is 0.0777. The van der Waals surface area contributed by atoms with Crippen molar-refractivity contribution in [3.63, 3.8) is 0 Å². The minimum Gasteiger partial charge on any atom is -0.258 e. The van der Waals surface area contributed by atoms with E-state index >= 15 is 0 Å². The molecule has 0 bridgehead atoms. The molecular formula is C11H10ClN3O4S. The van der Waals surface area contributed by atoms with Gasteiger partial charge in [-0.15, -0.1) is 0 Å². The lowest BCUT2D eigenvalue weighted by Crippen LogP contribution is -2.34. The molecule has 0 aromatic heterocycles. The first kappa shape index (κ1) is 14.7. The van der Waals surface area contributed by atoms with Crippen molar-refractivity contribution >= 4 is 27.3 Å². The number of rotatable bonds is 3. The summed E-state index contributed by atoms with van der Waals surface area (Å²) in [4.78, 5) is 9.75. The molecule has 0 aliphatic carbocycles. The predicted octanol–water partition coefficient (Wildman–Crippen LogP) is 1.92. The molecule has 1 aromatic carbocycles. The average molecular weight is 316 g/mol. The molecular weight excluding hydrogens is 306 g/mol. The minimum atomic E-state index is -4.08. The topological polar surface area (TPSA) is 104 Å². The van der Waals surface area contributed by atoms with Crippen molar-refractivity contribution in [2.24, 2.45) is 0 Å². The van der Waals surface area contributed by atoms with E-state index in [4.69, 9.17) is 16.9 Å². The second-order valence-electron chi connectivity index (χ2n) is 4.27. The van der Waals surface area contributed by atoms with Gasteiger partial charge in [-0.25, -0.2) is 8.42 Å². The highest BCUT2D eigenvalue weighted by molar-refractivity contribution is 7.89. The molecule has 1 aromatic rings. The molecule has 1 unspecified atom stereocenters. The zero-order chi connectivity index (χ0) is 14.9. The number of nitro benzene ring substituents is 1. The fourth-order valence-electron chi connectivity index (χ4n) is 2.13. The van der Waals surface area contributed by atoms with Crippen molar-refractivity contribution in [3.05, 3.63) is 33.3 Å². The van der Waals surface area contributed by atoms with Gasteiger partial charge in [-0.05, 0) is 25.0 Å². The van der Waals surface area contributed by atoms with E-state index in [0.29, 0.717) is 12.8 Å². The summed E-state index contributed by atoms with van der Waals surface area (Å²) in [5.74, 6) is 0. The quantitative estimate of drug-likeness (QED) is 0.626. The zero-order valence-electron chi connectivity index (χ0n) is 10.2. The molecule has 2 rings (SSSR count). The maximum absolute atomic E-state index is 12.5. The Morgan fingerprint density at radius 1 is 1.50 bits per heavy atom. The Bertz CT molecular complexity index is 698. The number of nitro groups is 1. The molecule has 1 atom stereocenters. The molecule has 0 spiro atoms. The lowest BCUT2D eigenvalue weighted by molar-refractivity contribution is -0.387. The van der Waals surface area contributed by atoms with E-state index < -0.39 is 31.6 Å². The van der Waals surface area contributed by atoms with Crippen LogP contribution in [0.3, 0.4) is 0 Å². The van der Waals surface area contributed by atoms with E-state index in [2.05, 4.69) is 0 Å². The molecule has 1 saturated heterocycles. The van der Waals surface area contributed by atoms with Gasteiger partial charge in [0, 0.05) is 17.6 Å². The summed E-state index contributed by atoms with van der Waals surface area (Å²) in [6.07, 6.45) is 0.982. The van der Waals surface area contributed by atoms with Gasteiger partial charge in [-0.1, -0.05) is 11.6 Å². The van der Waals surface area contributed by atoms with Crippen LogP contribution in [0.2, 0.25) is 5.02 Å². The monoisotopic (exact) mass is 315 g/mol. The Labute approximate surface area is 120 Å². The zero-order valence-corrected chi connectivity index (χ0v) is 11.8. The number of nitrogens with zero attached hydrogens (tertiary/aromatic N) is 3. The first-order valence-corrected chi connectivity index (χ1v) is 7.55. The third-order valence-electron chi connectivity index (χ3n) is 3.06. The summed E-state index contributed by atoms with van der Waals surface area (Å²) in [5, 5.41) is 20.0. The van der Waals surface area contributed by atoms with Gasteiger partial charge in [0.25, 0.3) is 15.7 Å². The second-order valence-corrected chi connectivity index (χ2v) is 6.57. The van der Waals surface area contributed by atoms with Crippen LogP contribution in [0.15, 0.2) is 23.1 Å². The highest BCUT2D eigenvalue weighted by Gasteiger charge is 2.38. The van der Waals surface area contributed by atoms with Crippen molar-refractivity contribution in [1.29, 1.82) is 5.26 Å². The Kier molecular flexibility index (Phi) is 3.94. The Morgan fingerprint density at radius 2 is 2.20 bits per heavy atom. The van der Waals surface area contributed by atoms with Crippen molar-refractivity contribution in [2.45, 2.75) is 23.8 Å². The van der Waals surface area contributed by atoms with Gasteiger partial charge in [0.1, 0.15) is 6.04 Å². The fourth-order valence-corrected chi connectivity index (χ4v) is 4.05. The lowest BCUT2D eigenvalue weighted by atomic mass is 10.2. The van der Waals surface area contributed by atoms with Crippen LogP contribution in [0.5, 0.6) is 0 Å². The van der Waals surface area contributed by atoms with Crippen LogP contribution in [0.25, 0.3) is 0 Å². The van der Waals surface area contributed by atoms with Crippen LogP contribution in [0, 0.1) is 21.4 Å². The molecule has 0 N–H and O–H groups in total. The maximum Gasteiger partial charge on any atom is 0.290 e. The molecule has 1 aliphatic rings. The molecule has 20 heavy (non-hydrogen) atoms. The number of benzene rings is 1. The first-order chi connectivity index (χ1) is 9.37. The molecule has 7 nitrogen and oxygen atoms in total. The van der Waals surface area contributed by atoms with Gasteiger partial charge in [-0.3, -0.25) is 10.1 Å². The van der Waals surface area contributed by atoms with E-state index in [1.165, 1.54) is 6.07 Å². The summed E-state index contributed by atoms with van der Waals surface area (Å²) in [6.45, 7) is 0.181. The maximum atomic E-state index is 12.5. The lowest BCUT2D eigenvalue weighted by Gasteiger charge is -2.19. The number of hydrogen-bond acceptors (Lipinski definition) is 5. The van der Waals surface area contributed by atoms with Crippen LogP contribution in [-0.2, 0) is 10.0 Å². The molecule has 0 radical (unpaired) electrons. The van der Waals surface area contributed by atoms with Gasteiger partial charge in [0.2, 0.25) is 0 Å². The summed E-state index contributed by atoms with van der Waals surface area (Å²) in [7, 11) is -4.08. The predicted molar refractivity (Wildman–Crippen MR) is 70.6 cm³/mol. The van der Waals surface area contributed by atoms with Crippen molar-refractivity contribution in [3.8, 4) is 6.07 Å². The van der Waals surface area contributed by atoms with Crippen LogP contribution >= 0.6 is 11.6 Å². The largest absolute Gasteiger partial charge is 0.290 e. The van der Waals surface area contributed by atoms with E-state index in [0.717, 1.165) is 16.4 Å². The molecule has 1 aliphatic heterocycles. The SMILES string of the molecule is N#CC1CCCN1S(=O)(=O)c1ccc(Cl)cc1[N+](=O)[O-]. The molecule has 9 heteroatoms. The Balaban J connectivity index is 2.56. The van der Waals surface area contributed by atoms with E-state index in [9.17, 15) is 18.5 Å². The van der Waals surface area contributed by atoms with Crippen LogP contribution in [0.4, 0.5) is 5.69 Å². The summed E-state index contributed by atoms with van der Waals surface area (Å²) >= 11 is 5.66. The third kappa shape index (κ3) is 2.47. The summed E-state index contributed by atoms with van der Waals surface area (Å²) in [5.41, 5.74) is -0.582. The third-order valence-corrected chi connectivity index (χ3v) is 5.25. The summed E-state index contributed by atoms with van der Waals surface area (Å²) in [6, 6.07) is 4.49. The highest BCUT2D eigenvalue weighted by Crippen LogP contribution is 2.32. The molecule has 106 valence electrons. The average Bonchev–Trinajstić information content (AvgIpc) is 2.87. The van der Waals surface area contributed by atoms with E-state index in [1.807, 2.05) is 6.07 Å². The molecule has 1 heterocycles. The molecule has 1 fully saturated rings. The van der Waals surface area contributed by atoms with Crippen LogP contribution < -0.4 is 0 Å². The van der Waals surface area contributed by atoms with Crippen molar-refractivity contribution in [1.82, 2.24) is 4.31 Å². The Morgan fingerprint density at radius 3 is 2.80 bits per heavy atom. The van der Waals surface area contributed by atoms with Crippen LogP contribution in [0.1, 0.15) is 12.8 Å². The van der Waals surface area contributed by atoms with Gasteiger partial charge < -0.3 is 0 Å². The van der Waals surface area contributed by atoms with E-state index in [-0.39, 0.29) is 11.6 Å². The number of sulfonamides is 1. The number of halogens is 1. The number of nitriles is 1. The first-order valence-electron chi connectivity index (χ1n) is 5.73. The van der Waals surface area contributed by atoms with Crippen LogP contribution in [-0.4, -0.2) is 30.2 Å². The van der Waals surface area contributed by atoms with Gasteiger partial charge >= 0.3 is 0 Å². The smallest absolute Gasteiger partial charge is 0.258 e. The standard InChI is InChI=1S/C11H10ClN3O4S/c12-8-3-4-11(10(6-8)15(16)17)20(18,19)14-5-1-2-9(14)7-13/h3-4,6,9H,1-2,5H2. The second kappa shape index (κ2) is 5.36. The van der Waals surface area contributed by atoms with Crippen molar-refractivity contribution < 1.29 is 13.3 Å². The van der Waals surface area contributed by atoms with E-state index in [1.54, 1.807) is 0 Å². The number of hydrogen-bond donors (Lipinski definition) is 0. The van der Waals surface area contributed by atoms with Crippen molar-refractivity contribution in [2.75, 3.05) is 6.54 Å². The van der Waals surface area contributed by atoms with Gasteiger partial charge in [-0.2, -0.15) is 9.57 Å². The fraction of sp³-hybridized carbons (Fsp3) is 0.364. The van der Waals surface area contributed by atoms with Gasteiger partial charge in [0.15, 0.2) is 4.90 Å². The molecule has 0 amide bonds. The van der Waals surface area contributed by atoms with Gasteiger partial charge in [0.05, 0.1) is 11.0 Å². The summed E-state index contributed by atoms with van der Waals surface area (Å²) < 4.78 is 25.9. The Hall–Kier alpha value is -1.69. The highest BCUT2D eigenvalue weighted by atomic mass is 35.5. The molecule has 0 saturated carbocycles. The normalized spacial score (nSPS) is 19.7.